The van der Waals surface area contributed by atoms with Gasteiger partial charge in [-0.1, -0.05) is 30.3 Å². The first-order chi connectivity index (χ1) is 12.5. The Hall–Kier alpha value is -2.58. The summed E-state index contributed by atoms with van der Waals surface area (Å²) >= 11 is 1.61. The van der Waals surface area contributed by atoms with Gasteiger partial charge in [-0.15, -0.1) is 0 Å². The highest BCUT2D eigenvalue weighted by atomic mass is 32.2. The summed E-state index contributed by atoms with van der Waals surface area (Å²) < 4.78 is 0. The third-order valence-electron chi connectivity index (χ3n) is 3.58. The Labute approximate surface area is 154 Å². The number of nitrogens with one attached hydrogen (secondary N) is 3. The molecule has 2 aromatic rings. The highest BCUT2D eigenvalue weighted by molar-refractivity contribution is 7.98. The van der Waals surface area contributed by atoms with Gasteiger partial charge in [0.05, 0.1) is 18.2 Å². The highest BCUT2D eigenvalue weighted by Gasteiger charge is 2.10. The maximum absolute atomic E-state index is 12.0. The van der Waals surface area contributed by atoms with E-state index in [2.05, 4.69) is 15.3 Å². The lowest BCUT2D eigenvalue weighted by Crippen LogP contribution is -2.38. The van der Waals surface area contributed by atoms with Gasteiger partial charge in [0.2, 0.25) is 5.91 Å². The number of thioether (sulfide) groups is 1. The van der Waals surface area contributed by atoms with Gasteiger partial charge in [0, 0.05) is 23.3 Å². The minimum absolute atomic E-state index is 0.181. The molecular weight excluding hydrogens is 354 g/mol. The van der Waals surface area contributed by atoms with Gasteiger partial charge in [0.1, 0.15) is 0 Å². The molecule has 138 valence electrons. The van der Waals surface area contributed by atoms with Crippen LogP contribution in [0.5, 0.6) is 0 Å². The molecule has 0 spiro atoms. The number of carbonyl (C=O) groups excluding carboxylic acids is 1. The molecule has 0 bridgehead atoms. The summed E-state index contributed by atoms with van der Waals surface area (Å²) in [5.41, 5.74) is 0.601. The van der Waals surface area contributed by atoms with Gasteiger partial charge in [0.15, 0.2) is 0 Å². The first kappa shape index (κ1) is 19.7. The largest absolute Gasteiger partial charge is 0.394 e. The van der Waals surface area contributed by atoms with E-state index in [0.29, 0.717) is 11.4 Å². The lowest BCUT2D eigenvalue weighted by Gasteiger charge is -2.14. The van der Waals surface area contributed by atoms with Crippen LogP contribution in [0.4, 0.5) is 0 Å². The Balaban J connectivity index is 1.88. The van der Waals surface area contributed by atoms with Crippen LogP contribution in [0.3, 0.4) is 0 Å². The number of aryl methyl sites for hydroxylation is 1. The second-order valence-corrected chi connectivity index (χ2v) is 6.70. The van der Waals surface area contributed by atoms with Crippen LogP contribution in [0.25, 0.3) is 6.08 Å². The summed E-state index contributed by atoms with van der Waals surface area (Å²) in [6, 6.07) is 9.53. The third kappa shape index (κ3) is 6.05. The second kappa shape index (κ2) is 9.79. The summed E-state index contributed by atoms with van der Waals surface area (Å²) in [5, 5.41) is 12.1. The molecule has 0 saturated heterocycles. The zero-order valence-electron chi connectivity index (χ0n) is 14.3. The quantitative estimate of drug-likeness (QED) is 0.510. The van der Waals surface area contributed by atoms with E-state index in [-0.39, 0.29) is 12.2 Å². The monoisotopic (exact) mass is 375 g/mol. The number of aliphatic hydroxyl groups excluding tert-OH is 1. The van der Waals surface area contributed by atoms with E-state index in [4.69, 9.17) is 0 Å². The molecule has 0 aliphatic carbocycles. The molecule has 0 aliphatic heterocycles. The molecule has 0 radical (unpaired) electrons. The molecule has 0 unspecified atom stereocenters. The molecule has 0 aliphatic rings. The number of H-pyrrole nitrogens is 2. The fraction of sp³-hybridized carbons (Fsp3) is 0.278. The first-order valence-corrected chi connectivity index (χ1v) is 9.19. The molecule has 1 aromatic carbocycles. The summed E-state index contributed by atoms with van der Waals surface area (Å²) in [5.74, 6) is 0.924. The average Bonchev–Trinajstić information content (AvgIpc) is 2.60. The van der Waals surface area contributed by atoms with Gasteiger partial charge >= 0.3 is 5.69 Å². The predicted molar refractivity (Wildman–Crippen MR) is 103 cm³/mol. The maximum Gasteiger partial charge on any atom is 0.325 e. The number of hydrogen-bond donors (Lipinski definition) is 4. The molecular formula is C18H21N3O4S. The van der Waals surface area contributed by atoms with E-state index in [1.165, 1.54) is 17.7 Å². The van der Waals surface area contributed by atoms with Gasteiger partial charge in [-0.25, -0.2) is 4.79 Å². The fourth-order valence-corrected chi connectivity index (χ4v) is 3.27. The molecule has 2 rings (SSSR count). The number of amides is 1. The molecule has 1 heterocycles. The number of aliphatic hydroxyl groups is 1. The van der Waals surface area contributed by atoms with Crippen molar-refractivity contribution in [1.29, 1.82) is 0 Å². The third-order valence-corrected chi connectivity index (χ3v) is 4.75. The van der Waals surface area contributed by atoms with Crippen molar-refractivity contribution in [3.05, 3.63) is 74.1 Å². The van der Waals surface area contributed by atoms with Crippen molar-refractivity contribution >= 4 is 23.7 Å². The number of aromatic nitrogens is 2. The van der Waals surface area contributed by atoms with Gasteiger partial charge < -0.3 is 15.4 Å². The van der Waals surface area contributed by atoms with Crippen LogP contribution in [0, 0.1) is 6.92 Å². The number of aromatic amines is 2. The maximum atomic E-state index is 12.0. The number of carbonyl (C=O) groups is 1. The second-order valence-electron chi connectivity index (χ2n) is 5.67. The zero-order valence-corrected chi connectivity index (χ0v) is 15.1. The SMILES string of the molecule is Cc1[nH]c(=O)[nH]c(=O)c1/C=C/C(=O)N[C@@H](CO)CSCc1ccccc1. The molecule has 1 aromatic heterocycles. The van der Waals surface area contributed by atoms with Crippen molar-refractivity contribution in [2.75, 3.05) is 12.4 Å². The summed E-state index contributed by atoms with van der Waals surface area (Å²) in [6.45, 7) is 1.39. The van der Waals surface area contributed by atoms with Gasteiger partial charge in [-0.2, -0.15) is 11.8 Å². The molecule has 1 atom stereocenters. The Morgan fingerprint density at radius 3 is 2.65 bits per heavy atom. The van der Waals surface area contributed by atoms with Crippen molar-refractivity contribution < 1.29 is 9.90 Å². The minimum atomic E-state index is -0.593. The van der Waals surface area contributed by atoms with Gasteiger partial charge in [-0.05, 0) is 18.6 Å². The van der Waals surface area contributed by atoms with Gasteiger partial charge in [0.25, 0.3) is 5.56 Å². The lowest BCUT2D eigenvalue weighted by atomic mass is 10.2. The van der Waals surface area contributed by atoms with E-state index in [1.807, 2.05) is 30.3 Å². The predicted octanol–water partition coefficient (Wildman–Crippen LogP) is 0.795. The zero-order chi connectivity index (χ0) is 18.9. The topological polar surface area (TPSA) is 115 Å². The van der Waals surface area contributed by atoms with Crippen LogP contribution in [0.15, 0.2) is 46.0 Å². The molecule has 0 fully saturated rings. The number of benzene rings is 1. The van der Waals surface area contributed by atoms with E-state index in [0.717, 1.165) is 5.75 Å². The van der Waals surface area contributed by atoms with Crippen LogP contribution in [0.1, 0.15) is 16.8 Å². The molecule has 26 heavy (non-hydrogen) atoms. The smallest absolute Gasteiger partial charge is 0.325 e. The molecule has 4 N–H and O–H groups in total. The highest BCUT2D eigenvalue weighted by Crippen LogP contribution is 2.12. The summed E-state index contributed by atoms with van der Waals surface area (Å²) in [7, 11) is 0. The molecule has 8 heteroatoms. The minimum Gasteiger partial charge on any atom is -0.394 e. The van der Waals surface area contributed by atoms with Crippen LogP contribution >= 0.6 is 11.8 Å². The number of rotatable bonds is 8. The van der Waals surface area contributed by atoms with Crippen molar-refractivity contribution in [2.24, 2.45) is 0 Å². The summed E-state index contributed by atoms with van der Waals surface area (Å²) in [6.07, 6.45) is 2.55. The molecule has 7 nitrogen and oxygen atoms in total. The Morgan fingerprint density at radius 1 is 1.27 bits per heavy atom. The van der Waals surface area contributed by atoms with E-state index < -0.39 is 23.2 Å². The number of hydrogen-bond acceptors (Lipinski definition) is 5. The summed E-state index contributed by atoms with van der Waals surface area (Å²) in [4.78, 5) is 39.4. The van der Waals surface area contributed by atoms with Crippen molar-refractivity contribution in [1.82, 2.24) is 15.3 Å². The average molecular weight is 375 g/mol. The molecule has 1 amide bonds. The van der Waals surface area contributed by atoms with Crippen LogP contribution in [-0.2, 0) is 10.5 Å². The van der Waals surface area contributed by atoms with E-state index in [1.54, 1.807) is 18.7 Å². The first-order valence-electron chi connectivity index (χ1n) is 8.04. The van der Waals surface area contributed by atoms with Crippen LogP contribution in [-0.4, -0.2) is 39.4 Å². The van der Waals surface area contributed by atoms with Crippen molar-refractivity contribution in [3.8, 4) is 0 Å². The Bertz CT molecular complexity index is 874. The van der Waals surface area contributed by atoms with Crippen LogP contribution < -0.4 is 16.6 Å². The lowest BCUT2D eigenvalue weighted by molar-refractivity contribution is -0.117. The Kier molecular flexibility index (Phi) is 7.43. The molecule has 0 saturated carbocycles. The van der Waals surface area contributed by atoms with E-state index >= 15 is 0 Å². The normalized spacial score (nSPS) is 12.2. The standard InChI is InChI=1S/C18H21N3O4S/c1-12-15(17(24)21-18(25)19-12)7-8-16(23)20-14(9-22)11-26-10-13-5-3-2-4-6-13/h2-8,14,22H,9-11H2,1H3,(H,20,23)(H2,19,21,24,25)/b8-7+/t14-/m0/s1. The fourth-order valence-electron chi connectivity index (χ4n) is 2.25. The van der Waals surface area contributed by atoms with E-state index in [9.17, 15) is 19.5 Å². The Morgan fingerprint density at radius 2 is 2.00 bits per heavy atom. The van der Waals surface area contributed by atoms with Crippen LogP contribution in [0.2, 0.25) is 0 Å². The van der Waals surface area contributed by atoms with Crippen molar-refractivity contribution in [2.45, 2.75) is 18.7 Å². The van der Waals surface area contributed by atoms with Gasteiger partial charge in [-0.3, -0.25) is 14.6 Å². The van der Waals surface area contributed by atoms with Crippen molar-refractivity contribution in [3.63, 3.8) is 0 Å².